The standard InChI is InChI=1S/C16H29N3O/c1-10(11(2)17)15-18-14(19-20-15)12-6-8-13(9-7-12)16(3,4)5/h10-13H,6-9,17H2,1-5H3. The van der Waals surface area contributed by atoms with Gasteiger partial charge in [0.05, 0.1) is 5.92 Å². The van der Waals surface area contributed by atoms with Crippen molar-refractivity contribution in [2.45, 2.75) is 78.2 Å². The van der Waals surface area contributed by atoms with E-state index in [1.165, 1.54) is 25.7 Å². The minimum Gasteiger partial charge on any atom is -0.339 e. The predicted molar refractivity (Wildman–Crippen MR) is 80.5 cm³/mol. The van der Waals surface area contributed by atoms with Crippen LogP contribution in [0.5, 0.6) is 0 Å². The first-order valence-corrected chi connectivity index (χ1v) is 7.88. The Balaban J connectivity index is 1.98. The summed E-state index contributed by atoms with van der Waals surface area (Å²) < 4.78 is 5.39. The van der Waals surface area contributed by atoms with Gasteiger partial charge in [0, 0.05) is 12.0 Å². The van der Waals surface area contributed by atoms with Crippen LogP contribution < -0.4 is 5.73 Å². The highest BCUT2D eigenvalue weighted by atomic mass is 16.5. The van der Waals surface area contributed by atoms with Crippen LogP contribution in [0.2, 0.25) is 0 Å². The summed E-state index contributed by atoms with van der Waals surface area (Å²) in [5, 5.41) is 4.19. The molecule has 0 aliphatic heterocycles. The van der Waals surface area contributed by atoms with E-state index < -0.39 is 0 Å². The van der Waals surface area contributed by atoms with E-state index in [4.69, 9.17) is 10.3 Å². The number of rotatable bonds is 3. The lowest BCUT2D eigenvalue weighted by Gasteiger charge is -2.36. The predicted octanol–water partition coefficient (Wildman–Crippen LogP) is 3.84. The van der Waals surface area contributed by atoms with Gasteiger partial charge in [0.1, 0.15) is 0 Å². The second kappa shape index (κ2) is 5.84. The van der Waals surface area contributed by atoms with Crippen molar-refractivity contribution in [1.29, 1.82) is 0 Å². The summed E-state index contributed by atoms with van der Waals surface area (Å²) in [4.78, 5) is 4.58. The molecule has 2 unspecified atom stereocenters. The van der Waals surface area contributed by atoms with E-state index in [9.17, 15) is 0 Å². The molecule has 2 atom stereocenters. The van der Waals surface area contributed by atoms with Crippen molar-refractivity contribution in [3.05, 3.63) is 11.7 Å². The van der Waals surface area contributed by atoms with Crippen LogP contribution >= 0.6 is 0 Å². The molecule has 0 aromatic carbocycles. The average molecular weight is 279 g/mol. The first-order valence-electron chi connectivity index (χ1n) is 7.88. The second-order valence-corrected chi connectivity index (χ2v) is 7.55. The number of nitrogens with zero attached hydrogens (tertiary/aromatic N) is 2. The Kier molecular flexibility index (Phi) is 4.52. The van der Waals surface area contributed by atoms with Crippen molar-refractivity contribution in [3.63, 3.8) is 0 Å². The summed E-state index contributed by atoms with van der Waals surface area (Å²) in [5.41, 5.74) is 6.31. The van der Waals surface area contributed by atoms with Gasteiger partial charge in [-0.1, -0.05) is 32.9 Å². The van der Waals surface area contributed by atoms with E-state index in [2.05, 4.69) is 30.9 Å². The lowest BCUT2D eigenvalue weighted by Crippen LogP contribution is -2.25. The molecule has 1 aliphatic rings. The van der Waals surface area contributed by atoms with Crippen LogP contribution in [0.25, 0.3) is 0 Å². The molecule has 0 spiro atoms. The zero-order valence-corrected chi connectivity index (χ0v) is 13.5. The Morgan fingerprint density at radius 1 is 1.15 bits per heavy atom. The summed E-state index contributed by atoms with van der Waals surface area (Å²) in [6.45, 7) is 11.0. The quantitative estimate of drug-likeness (QED) is 0.913. The molecule has 20 heavy (non-hydrogen) atoms. The molecule has 1 aromatic rings. The molecule has 0 saturated heterocycles. The van der Waals surface area contributed by atoms with Crippen molar-refractivity contribution >= 4 is 0 Å². The first-order chi connectivity index (χ1) is 9.29. The molecular weight excluding hydrogens is 250 g/mol. The van der Waals surface area contributed by atoms with E-state index in [0.29, 0.717) is 17.2 Å². The van der Waals surface area contributed by atoms with Gasteiger partial charge in [-0.2, -0.15) is 4.98 Å². The van der Waals surface area contributed by atoms with E-state index in [1.807, 2.05) is 13.8 Å². The molecule has 114 valence electrons. The monoisotopic (exact) mass is 279 g/mol. The summed E-state index contributed by atoms with van der Waals surface area (Å²) in [6.07, 6.45) is 4.88. The highest BCUT2D eigenvalue weighted by molar-refractivity contribution is 5.02. The van der Waals surface area contributed by atoms with Crippen LogP contribution in [0, 0.1) is 11.3 Å². The molecule has 1 fully saturated rings. The first kappa shape index (κ1) is 15.5. The Bertz CT molecular complexity index is 425. The van der Waals surface area contributed by atoms with Gasteiger partial charge in [-0.05, 0) is 43.9 Å². The highest BCUT2D eigenvalue weighted by Crippen LogP contribution is 2.42. The van der Waals surface area contributed by atoms with Crippen LogP contribution in [-0.2, 0) is 0 Å². The molecule has 1 aliphatic carbocycles. The molecule has 1 heterocycles. The van der Waals surface area contributed by atoms with Gasteiger partial charge in [0.25, 0.3) is 0 Å². The van der Waals surface area contributed by atoms with Gasteiger partial charge in [0.15, 0.2) is 5.82 Å². The molecule has 0 bridgehead atoms. The lowest BCUT2D eigenvalue weighted by atomic mass is 9.70. The van der Waals surface area contributed by atoms with Gasteiger partial charge < -0.3 is 10.3 Å². The Morgan fingerprint density at radius 3 is 2.25 bits per heavy atom. The zero-order chi connectivity index (χ0) is 14.9. The van der Waals surface area contributed by atoms with Crippen LogP contribution in [0.3, 0.4) is 0 Å². The zero-order valence-electron chi connectivity index (χ0n) is 13.5. The fourth-order valence-corrected chi connectivity index (χ4v) is 3.04. The molecule has 0 radical (unpaired) electrons. The maximum absolute atomic E-state index is 5.89. The summed E-state index contributed by atoms with van der Waals surface area (Å²) in [6, 6.07) is 0.0416. The molecule has 2 rings (SSSR count). The van der Waals surface area contributed by atoms with Crippen LogP contribution in [0.1, 0.15) is 83.9 Å². The average Bonchev–Trinajstić information content (AvgIpc) is 2.86. The van der Waals surface area contributed by atoms with Crippen LogP contribution in [0.15, 0.2) is 4.52 Å². The molecule has 4 nitrogen and oxygen atoms in total. The Morgan fingerprint density at radius 2 is 1.75 bits per heavy atom. The number of hydrogen-bond donors (Lipinski definition) is 1. The fraction of sp³-hybridized carbons (Fsp3) is 0.875. The topological polar surface area (TPSA) is 64.9 Å². The van der Waals surface area contributed by atoms with Crippen molar-refractivity contribution in [2.24, 2.45) is 17.1 Å². The summed E-state index contributed by atoms with van der Waals surface area (Å²) in [7, 11) is 0. The fourth-order valence-electron chi connectivity index (χ4n) is 3.04. The molecule has 4 heteroatoms. The Hall–Kier alpha value is -0.900. The van der Waals surface area contributed by atoms with E-state index in [0.717, 1.165) is 11.7 Å². The largest absolute Gasteiger partial charge is 0.339 e. The second-order valence-electron chi connectivity index (χ2n) is 7.55. The van der Waals surface area contributed by atoms with Crippen molar-refractivity contribution in [2.75, 3.05) is 0 Å². The van der Waals surface area contributed by atoms with Gasteiger partial charge in [0.2, 0.25) is 5.89 Å². The van der Waals surface area contributed by atoms with Gasteiger partial charge in [-0.3, -0.25) is 0 Å². The van der Waals surface area contributed by atoms with Crippen molar-refractivity contribution in [3.8, 4) is 0 Å². The van der Waals surface area contributed by atoms with Crippen molar-refractivity contribution < 1.29 is 4.52 Å². The molecule has 0 amide bonds. The third kappa shape index (κ3) is 3.40. The number of aromatic nitrogens is 2. The number of nitrogens with two attached hydrogens (primary N) is 1. The molecular formula is C16H29N3O. The van der Waals surface area contributed by atoms with Gasteiger partial charge >= 0.3 is 0 Å². The maximum Gasteiger partial charge on any atom is 0.231 e. The lowest BCUT2D eigenvalue weighted by molar-refractivity contribution is 0.166. The third-order valence-corrected chi connectivity index (χ3v) is 4.95. The van der Waals surface area contributed by atoms with Gasteiger partial charge in [-0.25, -0.2) is 0 Å². The third-order valence-electron chi connectivity index (χ3n) is 4.95. The Labute approximate surface area is 122 Å². The van der Waals surface area contributed by atoms with Crippen molar-refractivity contribution in [1.82, 2.24) is 10.1 Å². The van der Waals surface area contributed by atoms with E-state index in [-0.39, 0.29) is 12.0 Å². The SMILES string of the molecule is CC(N)C(C)c1nc(C2CCC(C(C)(C)C)CC2)no1. The molecule has 2 N–H and O–H groups in total. The highest BCUT2D eigenvalue weighted by Gasteiger charge is 2.32. The maximum atomic E-state index is 5.89. The van der Waals surface area contributed by atoms with E-state index in [1.54, 1.807) is 0 Å². The molecule has 1 saturated carbocycles. The molecule has 1 aromatic heterocycles. The smallest absolute Gasteiger partial charge is 0.231 e. The van der Waals surface area contributed by atoms with Crippen LogP contribution in [0.4, 0.5) is 0 Å². The summed E-state index contributed by atoms with van der Waals surface area (Å²) >= 11 is 0. The normalized spacial score (nSPS) is 27.3. The van der Waals surface area contributed by atoms with Gasteiger partial charge in [-0.15, -0.1) is 0 Å². The minimum absolute atomic E-state index is 0.0416. The summed E-state index contributed by atoms with van der Waals surface area (Å²) in [5.74, 6) is 2.98. The number of hydrogen-bond acceptors (Lipinski definition) is 4. The minimum atomic E-state index is 0.0416. The van der Waals surface area contributed by atoms with Crippen LogP contribution in [-0.4, -0.2) is 16.2 Å². The van der Waals surface area contributed by atoms with E-state index >= 15 is 0 Å².